The number of nitrogens with zero attached hydrogens (tertiary/aromatic N) is 1. The van der Waals surface area contributed by atoms with Gasteiger partial charge in [0.2, 0.25) is 0 Å². The van der Waals surface area contributed by atoms with Crippen LogP contribution in [-0.2, 0) is 0 Å². The second-order valence-electron chi connectivity index (χ2n) is 4.38. The van der Waals surface area contributed by atoms with Crippen LogP contribution in [0.3, 0.4) is 0 Å². The molecule has 1 aliphatic rings. The number of carbonyl (C=O) groups excluding carboxylic acids is 1. The Kier molecular flexibility index (Phi) is 3.12. The van der Waals surface area contributed by atoms with Gasteiger partial charge < -0.3 is 15.4 Å². The largest absolute Gasteiger partial charge is 0.477 e. The highest BCUT2D eigenvalue weighted by Crippen LogP contribution is 2.29. The number of aromatic nitrogens is 2. The zero-order chi connectivity index (χ0) is 12.4. The van der Waals surface area contributed by atoms with Gasteiger partial charge in [0.25, 0.3) is 5.91 Å². The Morgan fingerprint density at radius 2 is 2.29 bits per heavy atom. The molecule has 1 unspecified atom stereocenters. The normalized spacial score (nSPS) is 17.2. The lowest BCUT2D eigenvalue weighted by Crippen LogP contribution is -2.41. The van der Waals surface area contributed by atoms with Crippen molar-refractivity contribution < 1.29 is 14.7 Å². The molecule has 1 amide bonds. The highest BCUT2D eigenvalue weighted by atomic mass is 16.4. The summed E-state index contributed by atoms with van der Waals surface area (Å²) in [6.07, 6.45) is 4.65. The molecule has 0 spiro atoms. The summed E-state index contributed by atoms with van der Waals surface area (Å²) in [4.78, 5) is 28.8. The van der Waals surface area contributed by atoms with E-state index in [9.17, 15) is 9.59 Å². The van der Waals surface area contributed by atoms with E-state index >= 15 is 0 Å². The average Bonchev–Trinajstić information content (AvgIpc) is 2.62. The van der Waals surface area contributed by atoms with Crippen LogP contribution < -0.4 is 5.32 Å². The van der Waals surface area contributed by atoms with Gasteiger partial charge in [-0.05, 0) is 25.7 Å². The Labute approximate surface area is 98.4 Å². The number of carboxylic acid groups (broad SMARTS) is 1. The van der Waals surface area contributed by atoms with E-state index in [0.29, 0.717) is 5.92 Å². The third kappa shape index (κ3) is 2.30. The van der Waals surface area contributed by atoms with Gasteiger partial charge in [-0.1, -0.05) is 6.42 Å². The fourth-order valence-corrected chi connectivity index (χ4v) is 1.96. The summed E-state index contributed by atoms with van der Waals surface area (Å²) in [5.41, 5.74) is -0.216. The van der Waals surface area contributed by atoms with Crippen molar-refractivity contribution in [2.75, 3.05) is 0 Å². The number of hydrogen-bond donors (Lipinski definition) is 3. The van der Waals surface area contributed by atoms with Gasteiger partial charge in [-0.25, -0.2) is 9.78 Å². The topological polar surface area (TPSA) is 95.1 Å². The van der Waals surface area contributed by atoms with E-state index in [2.05, 4.69) is 15.3 Å². The van der Waals surface area contributed by atoms with Crippen LogP contribution >= 0.6 is 0 Å². The van der Waals surface area contributed by atoms with Crippen molar-refractivity contribution in [1.82, 2.24) is 15.3 Å². The van der Waals surface area contributed by atoms with E-state index in [0.717, 1.165) is 12.8 Å². The number of rotatable bonds is 4. The molecule has 1 aromatic rings. The Bertz CT molecular complexity index is 437. The monoisotopic (exact) mass is 237 g/mol. The number of carbonyl (C=O) groups is 2. The maximum absolute atomic E-state index is 11.8. The molecule has 1 fully saturated rings. The quantitative estimate of drug-likeness (QED) is 0.728. The van der Waals surface area contributed by atoms with Crippen molar-refractivity contribution >= 4 is 11.9 Å². The van der Waals surface area contributed by atoms with Gasteiger partial charge in [0.1, 0.15) is 0 Å². The summed E-state index contributed by atoms with van der Waals surface area (Å²) >= 11 is 0. The van der Waals surface area contributed by atoms with Crippen molar-refractivity contribution in [3.05, 3.63) is 17.7 Å². The first-order valence-electron chi connectivity index (χ1n) is 5.67. The molecule has 6 nitrogen and oxygen atoms in total. The third-order valence-electron chi connectivity index (χ3n) is 3.28. The molecule has 3 N–H and O–H groups in total. The van der Waals surface area contributed by atoms with Crippen LogP contribution in [0.25, 0.3) is 0 Å². The number of imidazole rings is 1. The Morgan fingerprint density at radius 1 is 1.59 bits per heavy atom. The minimum absolute atomic E-state index is 0.0522. The zero-order valence-electron chi connectivity index (χ0n) is 9.56. The molecule has 1 atom stereocenters. The predicted molar refractivity (Wildman–Crippen MR) is 59.8 cm³/mol. The fourth-order valence-electron chi connectivity index (χ4n) is 1.96. The predicted octanol–water partition coefficient (Wildman–Crippen LogP) is 1.03. The number of aromatic carboxylic acids is 1. The minimum Gasteiger partial charge on any atom is -0.477 e. The molecule has 1 aliphatic carbocycles. The molecule has 17 heavy (non-hydrogen) atoms. The van der Waals surface area contributed by atoms with E-state index < -0.39 is 11.9 Å². The maximum Gasteiger partial charge on any atom is 0.354 e. The molecule has 6 heteroatoms. The summed E-state index contributed by atoms with van der Waals surface area (Å²) in [7, 11) is 0. The molecular formula is C11H15N3O3. The lowest BCUT2D eigenvalue weighted by atomic mass is 9.80. The van der Waals surface area contributed by atoms with Gasteiger partial charge in [0.05, 0.1) is 6.33 Å². The SMILES string of the molecule is CC(NC(=O)c1nc[nH]c1C(=O)O)C1CCC1. The van der Waals surface area contributed by atoms with Crippen molar-refractivity contribution in [3.8, 4) is 0 Å². The molecule has 92 valence electrons. The lowest BCUT2D eigenvalue weighted by molar-refractivity contribution is 0.0683. The molecule has 1 heterocycles. The fraction of sp³-hybridized carbons (Fsp3) is 0.545. The number of H-pyrrole nitrogens is 1. The molecule has 0 radical (unpaired) electrons. The van der Waals surface area contributed by atoms with Crippen LogP contribution in [-0.4, -0.2) is 33.0 Å². The van der Waals surface area contributed by atoms with Crippen molar-refractivity contribution in [2.24, 2.45) is 5.92 Å². The molecular weight excluding hydrogens is 222 g/mol. The van der Waals surface area contributed by atoms with Crippen LogP contribution in [0.4, 0.5) is 0 Å². The number of amides is 1. The van der Waals surface area contributed by atoms with Gasteiger partial charge in [-0.3, -0.25) is 4.79 Å². The van der Waals surface area contributed by atoms with Crippen LogP contribution in [0, 0.1) is 5.92 Å². The number of carboxylic acids is 1. The Hall–Kier alpha value is -1.85. The van der Waals surface area contributed by atoms with E-state index in [4.69, 9.17) is 5.11 Å². The van der Waals surface area contributed by atoms with Gasteiger partial charge in [0, 0.05) is 6.04 Å². The highest BCUT2D eigenvalue weighted by Gasteiger charge is 2.27. The standard InChI is InChI=1S/C11H15N3O3/c1-6(7-3-2-4-7)14-10(15)8-9(11(16)17)13-5-12-8/h5-7H,2-4H2,1H3,(H,12,13)(H,14,15)(H,16,17). The summed E-state index contributed by atoms with van der Waals surface area (Å²) in [5, 5.41) is 11.6. The summed E-state index contributed by atoms with van der Waals surface area (Å²) in [6.45, 7) is 1.94. The van der Waals surface area contributed by atoms with Gasteiger partial charge in [-0.2, -0.15) is 0 Å². The second kappa shape index (κ2) is 4.57. The number of hydrogen-bond acceptors (Lipinski definition) is 3. The minimum atomic E-state index is -1.18. The second-order valence-corrected chi connectivity index (χ2v) is 4.38. The zero-order valence-corrected chi connectivity index (χ0v) is 9.56. The number of aromatic amines is 1. The molecule has 0 bridgehead atoms. The van der Waals surface area contributed by atoms with E-state index in [-0.39, 0.29) is 17.4 Å². The Balaban J connectivity index is 2.03. The average molecular weight is 237 g/mol. The van der Waals surface area contributed by atoms with Crippen molar-refractivity contribution in [3.63, 3.8) is 0 Å². The van der Waals surface area contributed by atoms with Gasteiger partial charge in [0.15, 0.2) is 11.4 Å². The van der Waals surface area contributed by atoms with Crippen molar-refractivity contribution in [1.29, 1.82) is 0 Å². The number of nitrogens with one attached hydrogen (secondary N) is 2. The lowest BCUT2D eigenvalue weighted by Gasteiger charge is -2.31. The summed E-state index contributed by atoms with van der Waals surface area (Å²) < 4.78 is 0. The first-order chi connectivity index (χ1) is 8.09. The molecule has 0 aromatic carbocycles. The van der Waals surface area contributed by atoms with E-state index in [1.165, 1.54) is 12.7 Å². The van der Waals surface area contributed by atoms with Gasteiger partial charge >= 0.3 is 5.97 Å². The third-order valence-corrected chi connectivity index (χ3v) is 3.28. The van der Waals surface area contributed by atoms with E-state index in [1.807, 2.05) is 6.92 Å². The molecule has 1 saturated carbocycles. The van der Waals surface area contributed by atoms with E-state index in [1.54, 1.807) is 0 Å². The smallest absolute Gasteiger partial charge is 0.354 e. The Morgan fingerprint density at radius 3 is 2.82 bits per heavy atom. The first kappa shape index (κ1) is 11.6. The highest BCUT2D eigenvalue weighted by molar-refractivity contribution is 6.02. The van der Waals surface area contributed by atoms with Crippen molar-refractivity contribution in [2.45, 2.75) is 32.2 Å². The summed E-state index contributed by atoms with van der Waals surface area (Å²) in [6, 6.07) is 0.0644. The molecule has 1 aromatic heterocycles. The molecule has 2 rings (SSSR count). The van der Waals surface area contributed by atoms with Gasteiger partial charge in [-0.15, -0.1) is 0 Å². The molecule has 0 aliphatic heterocycles. The maximum atomic E-state index is 11.8. The van der Waals surface area contributed by atoms with Crippen LogP contribution in [0.5, 0.6) is 0 Å². The van der Waals surface area contributed by atoms with Crippen LogP contribution in [0.2, 0.25) is 0 Å². The molecule has 0 saturated heterocycles. The summed E-state index contributed by atoms with van der Waals surface area (Å²) in [5.74, 6) is -1.10. The van der Waals surface area contributed by atoms with Crippen LogP contribution in [0.15, 0.2) is 6.33 Å². The first-order valence-corrected chi connectivity index (χ1v) is 5.67. The van der Waals surface area contributed by atoms with Crippen LogP contribution in [0.1, 0.15) is 47.2 Å².